The Kier molecular flexibility index (Phi) is 8.18. The van der Waals surface area contributed by atoms with Crippen molar-refractivity contribution in [3.63, 3.8) is 0 Å². The van der Waals surface area contributed by atoms with Gasteiger partial charge in [-0.15, -0.1) is 0 Å². The lowest BCUT2D eigenvalue weighted by molar-refractivity contribution is 0.0915. The highest BCUT2D eigenvalue weighted by atomic mass is 35.5. The van der Waals surface area contributed by atoms with Crippen molar-refractivity contribution in [2.75, 3.05) is 19.8 Å². The Hall–Kier alpha value is -1.63. The topological polar surface area (TPSA) is 68.5 Å². The number of carbonyl (C=O) groups is 1. The number of furan rings is 1. The van der Waals surface area contributed by atoms with Crippen molar-refractivity contribution in [2.24, 2.45) is 0 Å². The SMILES string of the molecule is CCOCCCNC(=O)c1ccc(C[S@](=O)Cc2ccccc2Cl)o1. The van der Waals surface area contributed by atoms with Crippen LogP contribution in [0.25, 0.3) is 0 Å². The van der Waals surface area contributed by atoms with Crippen molar-refractivity contribution in [2.45, 2.75) is 24.9 Å². The van der Waals surface area contributed by atoms with E-state index in [9.17, 15) is 9.00 Å². The van der Waals surface area contributed by atoms with Crippen LogP contribution in [0.15, 0.2) is 40.8 Å². The molecule has 1 amide bonds. The summed E-state index contributed by atoms with van der Waals surface area (Å²) in [6, 6.07) is 10.6. The second kappa shape index (κ2) is 10.4. The molecule has 0 aliphatic heterocycles. The summed E-state index contributed by atoms with van der Waals surface area (Å²) in [5, 5.41) is 3.37. The Bertz CT molecular complexity index is 717. The third-order valence-electron chi connectivity index (χ3n) is 3.42. The summed E-state index contributed by atoms with van der Waals surface area (Å²) in [7, 11) is -1.17. The van der Waals surface area contributed by atoms with Gasteiger partial charge in [-0.3, -0.25) is 9.00 Å². The summed E-state index contributed by atoms with van der Waals surface area (Å²) >= 11 is 6.08. The van der Waals surface area contributed by atoms with E-state index in [1.165, 1.54) is 0 Å². The molecule has 25 heavy (non-hydrogen) atoms. The maximum absolute atomic E-state index is 12.3. The summed E-state index contributed by atoms with van der Waals surface area (Å²) in [5.41, 5.74) is 0.835. The Morgan fingerprint density at radius 3 is 2.80 bits per heavy atom. The van der Waals surface area contributed by atoms with Crippen LogP contribution < -0.4 is 5.32 Å². The van der Waals surface area contributed by atoms with Crippen LogP contribution in [0.1, 0.15) is 35.2 Å². The first-order valence-electron chi connectivity index (χ1n) is 8.13. The van der Waals surface area contributed by atoms with E-state index in [1.807, 2.05) is 25.1 Å². The number of rotatable bonds is 10. The van der Waals surface area contributed by atoms with Crippen molar-refractivity contribution < 1.29 is 18.2 Å². The molecule has 2 aromatic rings. The second-order valence-electron chi connectivity index (χ2n) is 5.39. The molecule has 0 fully saturated rings. The first-order valence-corrected chi connectivity index (χ1v) is 9.99. The first-order chi connectivity index (χ1) is 12.1. The van der Waals surface area contributed by atoms with Gasteiger partial charge in [0, 0.05) is 35.6 Å². The lowest BCUT2D eigenvalue weighted by Gasteiger charge is -2.04. The number of hydrogen-bond donors (Lipinski definition) is 1. The minimum Gasteiger partial charge on any atom is -0.455 e. The highest BCUT2D eigenvalue weighted by Gasteiger charge is 2.13. The minimum absolute atomic E-state index is 0.223. The van der Waals surface area contributed by atoms with Gasteiger partial charge in [0.05, 0.1) is 11.5 Å². The summed E-state index contributed by atoms with van der Waals surface area (Å²) in [6.45, 7) is 3.73. The number of amides is 1. The Balaban J connectivity index is 1.81. The van der Waals surface area contributed by atoms with Gasteiger partial charge in [-0.2, -0.15) is 0 Å². The van der Waals surface area contributed by atoms with E-state index in [2.05, 4.69) is 5.32 Å². The van der Waals surface area contributed by atoms with Gasteiger partial charge in [0.2, 0.25) is 0 Å². The van der Waals surface area contributed by atoms with Gasteiger partial charge >= 0.3 is 0 Å². The molecular weight excluding hydrogens is 362 g/mol. The van der Waals surface area contributed by atoms with Gasteiger partial charge in [-0.1, -0.05) is 29.8 Å². The molecule has 0 bridgehead atoms. The number of halogens is 1. The van der Waals surface area contributed by atoms with E-state index in [4.69, 9.17) is 20.8 Å². The van der Waals surface area contributed by atoms with Crippen molar-refractivity contribution in [3.8, 4) is 0 Å². The Labute approximate surface area is 155 Å². The van der Waals surface area contributed by atoms with E-state index in [1.54, 1.807) is 18.2 Å². The molecule has 1 aromatic carbocycles. The fourth-order valence-electron chi connectivity index (χ4n) is 2.18. The quantitative estimate of drug-likeness (QED) is 0.637. The predicted octanol–water partition coefficient (Wildman–Crippen LogP) is 3.54. The summed E-state index contributed by atoms with van der Waals surface area (Å²) in [6.07, 6.45) is 0.745. The highest BCUT2D eigenvalue weighted by Crippen LogP contribution is 2.18. The molecular formula is C18H22ClNO4S. The van der Waals surface area contributed by atoms with E-state index < -0.39 is 10.8 Å². The van der Waals surface area contributed by atoms with Crippen LogP contribution in [0.2, 0.25) is 5.02 Å². The lowest BCUT2D eigenvalue weighted by atomic mass is 10.2. The standard InChI is InChI=1S/C18H22ClNO4S/c1-2-23-11-5-10-20-18(21)17-9-8-15(24-17)13-25(22)12-14-6-3-4-7-16(14)19/h3-4,6-9H,2,5,10-13H2,1H3,(H,20,21)/t25-/m1/s1. The lowest BCUT2D eigenvalue weighted by Crippen LogP contribution is -2.24. The van der Waals surface area contributed by atoms with Crippen LogP contribution >= 0.6 is 11.6 Å². The molecule has 0 unspecified atom stereocenters. The molecule has 0 aliphatic carbocycles. The molecule has 2 rings (SSSR count). The van der Waals surface area contributed by atoms with E-state index in [-0.39, 0.29) is 17.4 Å². The Morgan fingerprint density at radius 2 is 2.04 bits per heavy atom. The third kappa shape index (κ3) is 6.65. The predicted molar refractivity (Wildman–Crippen MR) is 99.2 cm³/mol. The monoisotopic (exact) mass is 383 g/mol. The summed E-state index contributed by atoms with van der Waals surface area (Å²) in [5.74, 6) is 1.05. The fourth-order valence-corrected chi connectivity index (χ4v) is 3.64. The van der Waals surface area contributed by atoms with E-state index in [0.29, 0.717) is 36.3 Å². The molecule has 136 valence electrons. The summed E-state index contributed by atoms with van der Waals surface area (Å²) in [4.78, 5) is 12.0. The largest absolute Gasteiger partial charge is 0.455 e. The van der Waals surface area contributed by atoms with Crippen molar-refractivity contribution in [1.82, 2.24) is 5.32 Å². The van der Waals surface area contributed by atoms with Gasteiger partial charge in [0.15, 0.2) is 5.76 Å². The molecule has 1 atom stereocenters. The van der Waals surface area contributed by atoms with Gasteiger partial charge in [-0.05, 0) is 37.1 Å². The van der Waals surface area contributed by atoms with Crippen molar-refractivity contribution in [1.29, 1.82) is 0 Å². The Morgan fingerprint density at radius 1 is 1.24 bits per heavy atom. The third-order valence-corrected chi connectivity index (χ3v) is 5.03. The maximum atomic E-state index is 12.3. The van der Waals surface area contributed by atoms with Crippen molar-refractivity contribution >= 4 is 28.3 Å². The maximum Gasteiger partial charge on any atom is 0.286 e. The van der Waals surface area contributed by atoms with Crippen LogP contribution in [0.4, 0.5) is 0 Å². The molecule has 0 aliphatic rings. The number of nitrogens with one attached hydrogen (secondary N) is 1. The average Bonchev–Trinajstić information content (AvgIpc) is 3.05. The molecule has 1 N–H and O–H groups in total. The van der Waals surface area contributed by atoms with Gasteiger partial charge in [-0.25, -0.2) is 0 Å². The van der Waals surface area contributed by atoms with Crippen LogP contribution in [0.3, 0.4) is 0 Å². The van der Waals surface area contributed by atoms with Crippen molar-refractivity contribution in [3.05, 3.63) is 58.5 Å². The molecule has 0 spiro atoms. The number of carbonyl (C=O) groups excluding carboxylic acids is 1. The number of hydrogen-bond acceptors (Lipinski definition) is 4. The second-order valence-corrected chi connectivity index (χ2v) is 7.26. The normalized spacial score (nSPS) is 12.1. The van der Waals surface area contributed by atoms with E-state index in [0.717, 1.165) is 12.0 Å². The molecule has 1 heterocycles. The zero-order valence-electron chi connectivity index (χ0n) is 14.1. The zero-order chi connectivity index (χ0) is 18.1. The molecule has 0 saturated carbocycles. The van der Waals surface area contributed by atoms with Crippen LogP contribution in [-0.4, -0.2) is 29.9 Å². The number of ether oxygens (including phenoxy) is 1. The minimum atomic E-state index is -1.17. The zero-order valence-corrected chi connectivity index (χ0v) is 15.7. The van der Waals surface area contributed by atoms with Crippen LogP contribution in [-0.2, 0) is 27.0 Å². The smallest absolute Gasteiger partial charge is 0.286 e. The highest BCUT2D eigenvalue weighted by molar-refractivity contribution is 7.83. The molecule has 5 nitrogen and oxygen atoms in total. The van der Waals surface area contributed by atoms with Gasteiger partial charge in [0.25, 0.3) is 5.91 Å². The fraction of sp³-hybridized carbons (Fsp3) is 0.389. The first kappa shape index (κ1) is 19.7. The van der Waals surface area contributed by atoms with Crippen LogP contribution in [0.5, 0.6) is 0 Å². The van der Waals surface area contributed by atoms with Gasteiger partial charge < -0.3 is 14.5 Å². The molecule has 7 heteroatoms. The molecule has 0 radical (unpaired) electrons. The van der Waals surface area contributed by atoms with Crippen LogP contribution in [0, 0.1) is 0 Å². The average molecular weight is 384 g/mol. The van der Waals surface area contributed by atoms with E-state index >= 15 is 0 Å². The number of benzene rings is 1. The molecule has 1 aromatic heterocycles. The molecule has 0 saturated heterocycles. The summed E-state index contributed by atoms with van der Waals surface area (Å²) < 4.78 is 23.0. The van der Waals surface area contributed by atoms with Gasteiger partial charge in [0.1, 0.15) is 5.76 Å².